The molecule has 3 nitrogen and oxygen atoms in total. The van der Waals surface area contributed by atoms with Gasteiger partial charge in [0.25, 0.3) is 0 Å². The predicted molar refractivity (Wildman–Crippen MR) is 82.1 cm³/mol. The average molecular weight is 289 g/mol. The molecule has 0 aliphatic carbocycles. The second-order valence-electron chi connectivity index (χ2n) is 5.08. The molecular weight excluding hydrogens is 269 g/mol. The molecule has 0 aromatic heterocycles. The third-order valence-electron chi connectivity index (χ3n) is 3.46. The van der Waals surface area contributed by atoms with Gasteiger partial charge in [-0.3, -0.25) is 0 Å². The molecule has 0 bridgehead atoms. The van der Waals surface area contributed by atoms with Crippen LogP contribution in [-0.4, -0.2) is 19.3 Å². The van der Waals surface area contributed by atoms with Crippen molar-refractivity contribution in [3.63, 3.8) is 0 Å². The van der Waals surface area contributed by atoms with Gasteiger partial charge in [0.15, 0.2) is 0 Å². The van der Waals surface area contributed by atoms with Crippen LogP contribution in [0.15, 0.2) is 42.5 Å². The van der Waals surface area contributed by atoms with Gasteiger partial charge in [0, 0.05) is 24.8 Å². The first kappa shape index (κ1) is 15.3. The quantitative estimate of drug-likeness (QED) is 0.914. The SMILES string of the molecule is COc1ccc(C(C)O)cc1CN(C)c1ccc(F)cc1. The number of nitrogens with zero attached hydrogens (tertiary/aromatic N) is 1. The van der Waals surface area contributed by atoms with Crippen molar-refractivity contribution in [2.75, 3.05) is 19.1 Å². The first-order valence-electron chi connectivity index (χ1n) is 6.83. The number of rotatable bonds is 5. The molecule has 2 aromatic rings. The Morgan fingerprint density at radius 2 is 1.86 bits per heavy atom. The van der Waals surface area contributed by atoms with E-state index < -0.39 is 6.10 Å². The lowest BCUT2D eigenvalue weighted by atomic mass is 10.1. The van der Waals surface area contributed by atoms with Crippen molar-refractivity contribution in [2.24, 2.45) is 0 Å². The zero-order chi connectivity index (χ0) is 15.4. The Labute approximate surface area is 124 Å². The molecule has 21 heavy (non-hydrogen) atoms. The van der Waals surface area contributed by atoms with Gasteiger partial charge in [-0.25, -0.2) is 4.39 Å². The minimum atomic E-state index is -0.522. The molecular formula is C17H20FNO2. The first-order valence-corrected chi connectivity index (χ1v) is 6.83. The third-order valence-corrected chi connectivity index (χ3v) is 3.46. The number of aliphatic hydroxyl groups is 1. The number of anilines is 1. The number of hydrogen-bond donors (Lipinski definition) is 1. The number of halogens is 1. The molecule has 0 spiro atoms. The van der Waals surface area contributed by atoms with Crippen LogP contribution in [0.3, 0.4) is 0 Å². The molecule has 0 heterocycles. The van der Waals surface area contributed by atoms with Crippen molar-refractivity contribution in [1.82, 2.24) is 0 Å². The fraction of sp³-hybridized carbons (Fsp3) is 0.294. The van der Waals surface area contributed by atoms with Gasteiger partial charge < -0.3 is 14.7 Å². The minimum Gasteiger partial charge on any atom is -0.496 e. The highest BCUT2D eigenvalue weighted by molar-refractivity contribution is 5.48. The summed E-state index contributed by atoms with van der Waals surface area (Å²) in [6.07, 6.45) is -0.522. The summed E-state index contributed by atoms with van der Waals surface area (Å²) in [5.41, 5.74) is 2.74. The van der Waals surface area contributed by atoms with E-state index in [0.717, 1.165) is 22.6 Å². The standard InChI is InChI=1S/C17H20FNO2/c1-12(20)13-4-9-17(21-3)14(10-13)11-19(2)16-7-5-15(18)6-8-16/h4-10,12,20H,11H2,1-3H3. The normalized spacial score (nSPS) is 12.0. The molecule has 0 saturated heterocycles. The fourth-order valence-corrected chi connectivity index (χ4v) is 2.22. The van der Waals surface area contributed by atoms with Crippen LogP contribution >= 0.6 is 0 Å². The molecule has 4 heteroatoms. The van der Waals surface area contributed by atoms with Crippen LogP contribution in [0.1, 0.15) is 24.2 Å². The lowest BCUT2D eigenvalue weighted by Crippen LogP contribution is -2.17. The van der Waals surface area contributed by atoms with E-state index in [-0.39, 0.29) is 5.82 Å². The molecule has 112 valence electrons. The predicted octanol–water partition coefficient (Wildman–Crippen LogP) is 3.52. The van der Waals surface area contributed by atoms with E-state index in [9.17, 15) is 9.50 Å². The van der Waals surface area contributed by atoms with E-state index >= 15 is 0 Å². The van der Waals surface area contributed by atoms with Crippen molar-refractivity contribution in [1.29, 1.82) is 0 Å². The molecule has 0 saturated carbocycles. The van der Waals surface area contributed by atoms with Crippen molar-refractivity contribution < 1.29 is 14.2 Å². The van der Waals surface area contributed by atoms with Crippen molar-refractivity contribution in [2.45, 2.75) is 19.6 Å². The number of methoxy groups -OCH3 is 1. The summed E-state index contributed by atoms with van der Waals surface area (Å²) in [4.78, 5) is 2.00. The summed E-state index contributed by atoms with van der Waals surface area (Å²) in [5, 5.41) is 9.70. The molecule has 0 amide bonds. The summed E-state index contributed by atoms with van der Waals surface area (Å²) < 4.78 is 18.3. The Balaban J connectivity index is 2.24. The van der Waals surface area contributed by atoms with E-state index in [2.05, 4.69) is 0 Å². The molecule has 1 atom stereocenters. The minimum absolute atomic E-state index is 0.249. The van der Waals surface area contributed by atoms with Crippen LogP contribution in [0.4, 0.5) is 10.1 Å². The van der Waals surface area contributed by atoms with Gasteiger partial charge in [0.1, 0.15) is 11.6 Å². The highest BCUT2D eigenvalue weighted by atomic mass is 19.1. The summed E-state index contributed by atoms with van der Waals surface area (Å²) >= 11 is 0. The Morgan fingerprint density at radius 1 is 1.19 bits per heavy atom. The second kappa shape index (κ2) is 6.59. The molecule has 2 aromatic carbocycles. The summed E-state index contributed by atoms with van der Waals surface area (Å²) in [6, 6.07) is 12.0. The third kappa shape index (κ3) is 3.73. The average Bonchev–Trinajstić information content (AvgIpc) is 2.47. The molecule has 2 rings (SSSR count). The van der Waals surface area contributed by atoms with Crippen LogP contribution < -0.4 is 9.64 Å². The van der Waals surface area contributed by atoms with Crippen LogP contribution in [-0.2, 0) is 6.54 Å². The second-order valence-corrected chi connectivity index (χ2v) is 5.08. The monoisotopic (exact) mass is 289 g/mol. The van der Waals surface area contributed by atoms with Crippen LogP contribution in [0.25, 0.3) is 0 Å². The molecule has 0 aliphatic rings. The highest BCUT2D eigenvalue weighted by Crippen LogP contribution is 2.26. The number of hydrogen-bond acceptors (Lipinski definition) is 3. The van der Waals surface area contributed by atoms with Crippen molar-refractivity contribution >= 4 is 5.69 Å². The van der Waals surface area contributed by atoms with Gasteiger partial charge in [-0.05, 0) is 48.9 Å². The van der Waals surface area contributed by atoms with Gasteiger partial charge in [-0.2, -0.15) is 0 Å². The molecule has 0 radical (unpaired) electrons. The fourth-order valence-electron chi connectivity index (χ4n) is 2.22. The van der Waals surface area contributed by atoms with Gasteiger partial charge >= 0.3 is 0 Å². The lowest BCUT2D eigenvalue weighted by molar-refractivity contribution is 0.199. The van der Waals surface area contributed by atoms with Crippen LogP contribution in [0.2, 0.25) is 0 Å². The van der Waals surface area contributed by atoms with Crippen molar-refractivity contribution in [3.8, 4) is 5.75 Å². The van der Waals surface area contributed by atoms with Crippen molar-refractivity contribution in [3.05, 3.63) is 59.4 Å². The van der Waals surface area contributed by atoms with Crippen LogP contribution in [0, 0.1) is 5.82 Å². The Bertz CT molecular complexity index is 596. The maximum atomic E-state index is 13.0. The molecule has 1 unspecified atom stereocenters. The molecule has 1 N–H and O–H groups in total. The van der Waals surface area contributed by atoms with Gasteiger partial charge in [0.05, 0.1) is 13.2 Å². The summed E-state index contributed by atoms with van der Waals surface area (Å²) in [6.45, 7) is 2.34. The highest BCUT2D eigenvalue weighted by Gasteiger charge is 2.10. The largest absolute Gasteiger partial charge is 0.496 e. The molecule has 0 fully saturated rings. The number of benzene rings is 2. The lowest BCUT2D eigenvalue weighted by Gasteiger charge is -2.21. The smallest absolute Gasteiger partial charge is 0.123 e. The first-order chi connectivity index (χ1) is 10.0. The maximum Gasteiger partial charge on any atom is 0.123 e. The molecule has 0 aliphatic heterocycles. The number of ether oxygens (including phenoxy) is 1. The Morgan fingerprint density at radius 3 is 2.43 bits per heavy atom. The van der Waals surface area contributed by atoms with Gasteiger partial charge in [-0.15, -0.1) is 0 Å². The van der Waals surface area contributed by atoms with E-state index in [1.807, 2.05) is 30.1 Å². The van der Waals surface area contributed by atoms with E-state index in [1.165, 1.54) is 12.1 Å². The Hall–Kier alpha value is -2.07. The van der Waals surface area contributed by atoms with E-state index in [1.54, 1.807) is 26.2 Å². The van der Waals surface area contributed by atoms with Gasteiger partial charge in [0.2, 0.25) is 0 Å². The summed E-state index contributed by atoms with van der Waals surface area (Å²) in [5.74, 6) is 0.522. The van der Waals surface area contributed by atoms with E-state index in [0.29, 0.717) is 6.54 Å². The topological polar surface area (TPSA) is 32.7 Å². The number of aliphatic hydroxyl groups excluding tert-OH is 1. The summed E-state index contributed by atoms with van der Waals surface area (Å²) in [7, 11) is 3.56. The van der Waals surface area contributed by atoms with E-state index in [4.69, 9.17) is 4.74 Å². The maximum absolute atomic E-state index is 13.0. The zero-order valence-corrected chi connectivity index (χ0v) is 12.5. The van der Waals surface area contributed by atoms with Gasteiger partial charge in [-0.1, -0.05) is 6.07 Å². The zero-order valence-electron chi connectivity index (χ0n) is 12.5. The Kier molecular flexibility index (Phi) is 4.81. The van der Waals surface area contributed by atoms with Crippen LogP contribution in [0.5, 0.6) is 5.75 Å².